The van der Waals surface area contributed by atoms with Crippen LogP contribution in [0.2, 0.25) is 0 Å². The molecule has 0 aromatic carbocycles. The number of nitrogens with zero attached hydrogens (tertiary/aromatic N) is 1. The van der Waals surface area contributed by atoms with Gasteiger partial charge in [-0.05, 0) is 31.6 Å². The van der Waals surface area contributed by atoms with Crippen LogP contribution in [0.3, 0.4) is 0 Å². The lowest BCUT2D eigenvalue weighted by molar-refractivity contribution is 0.0958. The third kappa shape index (κ3) is 3.69. The lowest BCUT2D eigenvalue weighted by Crippen LogP contribution is -2.57. The van der Waals surface area contributed by atoms with Gasteiger partial charge in [0.05, 0.1) is 0 Å². The van der Waals surface area contributed by atoms with Crippen molar-refractivity contribution in [1.29, 1.82) is 0 Å². The quantitative estimate of drug-likeness (QED) is 0.810. The minimum absolute atomic E-state index is 0.737. The molecule has 100 valence electrons. The summed E-state index contributed by atoms with van der Waals surface area (Å²) in [5.41, 5.74) is 0. The molecule has 2 unspecified atom stereocenters. The molecule has 0 aromatic rings. The highest BCUT2D eigenvalue weighted by Crippen LogP contribution is 2.26. The average Bonchev–Trinajstić information content (AvgIpc) is 2.40. The van der Waals surface area contributed by atoms with E-state index in [0.717, 1.165) is 18.0 Å². The summed E-state index contributed by atoms with van der Waals surface area (Å²) in [6, 6.07) is 1.53. The van der Waals surface area contributed by atoms with Gasteiger partial charge in [-0.3, -0.25) is 4.90 Å². The second-order valence-corrected chi connectivity index (χ2v) is 6.03. The summed E-state index contributed by atoms with van der Waals surface area (Å²) < 4.78 is 0. The van der Waals surface area contributed by atoms with E-state index >= 15 is 0 Å². The Labute approximate surface area is 107 Å². The van der Waals surface area contributed by atoms with Crippen molar-refractivity contribution in [3.8, 4) is 0 Å². The second kappa shape index (κ2) is 6.75. The first-order valence-corrected chi connectivity index (χ1v) is 7.80. The Morgan fingerprint density at radius 2 is 1.82 bits per heavy atom. The van der Waals surface area contributed by atoms with Crippen molar-refractivity contribution < 1.29 is 0 Å². The van der Waals surface area contributed by atoms with Gasteiger partial charge in [0.15, 0.2) is 0 Å². The topological polar surface area (TPSA) is 15.3 Å². The van der Waals surface area contributed by atoms with Crippen LogP contribution in [0.5, 0.6) is 0 Å². The van der Waals surface area contributed by atoms with Crippen LogP contribution in [-0.2, 0) is 0 Å². The van der Waals surface area contributed by atoms with Crippen LogP contribution in [0.4, 0.5) is 0 Å². The SMILES string of the molecule is CCC1CN(CC2CCCCC2)C(CC)CN1. The van der Waals surface area contributed by atoms with Gasteiger partial charge < -0.3 is 5.32 Å². The average molecular weight is 238 g/mol. The van der Waals surface area contributed by atoms with Gasteiger partial charge in [-0.15, -0.1) is 0 Å². The standard InChI is InChI=1S/C15H30N2/c1-3-14-12-17(15(4-2)10-16-14)11-13-8-6-5-7-9-13/h13-16H,3-12H2,1-2H3. The van der Waals surface area contributed by atoms with Crippen molar-refractivity contribution in [2.45, 2.75) is 70.9 Å². The minimum Gasteiger partial charge on any atom is -0.311 e. The molecular formula is C15H30N2. The molecule has 2 aliphatic rings. The van der Waals surface area contributed by atoms with E-state index in [0.29, 0.717) is 0 Å². The fraction of sp³-hybridized carbons (Fsp3) is 1.00. The molecule has 2 fully saturated rings. The Kier molecular flexibility index (Phi) is 5.30. The van der Waals surface area contributed by atoms with Gasteiger partial charge in [-0.25, -0.2) is 0 Å². The van der Waals surface area contributed by atoms with Crippen LogP contribution < -0.4 is 5.32 Å². The number of hydrogen-bond acceptors (Lipinski definition) is 2. The Bertz CT molecular complexity index is 211. The summed E-state index contributed by atoms with van der Waals surface area (Å²) in [6.45, 7) is 8.51. The zero-order valence-corrected chi connectivity index (χ0v) is 11.8. The molecule has 1 saturated heterocycles. The fourth-order valence-corrected chi connectivity index (χ4v) is 3.53. The van der Waals surface area contributed by atoms with E-state index in [-0.39, 0.29) is 0 Å². The summed E-state index contributed by atoms with van der Waals surface area (Å²) in [7, 11) is 0. The van der Waals surface area contributed by atoms with Crippen LogP contribution in [-0.4, -0.2) is 36.6 Å². The van der Waals surface area contributed by atoms with Crippen LogP contribution in [0, 0.1) is 5.92 Å². The highest BCUT2D eigenvalue weighted by molar-refractivity contribution is 4.86. The number of hydrogen-bond donors (Lipinski definition) is 1. The van der Waals surface area contributed by atoms with Gasteiger partial charge in [-0.2, -0.15) is 0 Å². The highest BCUT2D eigenvalue weighted by atomic mass is 15.2. The van der Waals surface area contributed by atoms with Gasteiger partial charge in [0.2, 0.25) is 0 Å². The fourth-order valence-electron chi connectivity index (χ4n) is 3.53. The maximum Gasteiger partial charge on any atom is 0.0218 e. The third-order valence-electron chi connectivity index (χ3n) is 4.79. The van der Waals surface area contributed by atoms with Crippen LogP contribution >= 0.6 is 0 Å². The zero-order valence-electron chi connectivity index (χ0n) is 11.8. The molecule has 2 heteroatoms. The summed E-state index contributed by atoms with van der Waals surface area (Å²) in [6.07, 6.45) is 9.98. The molecule has 2 rings (SSSR count). The molecule has 0 aromatic heterocycles. The van der Waals surface area contributed by atoms with Crippen molar-refractivity contribution in [3.05, 3.63) is 0 Å². The monoisotopic (exact) mass is 238 g/mol. The van der Waals surface area contributed by atoms with Crippen molar-refractivity contribution in [2.75, 3.05) is 19.6 Å². The van der Waals surface area contributed by atoms with E-state index < -0.39 is 0 Å². The number of piperazine rings is 1. The van der Waals surface area contributed by atoms with Crippen LogP contribution in [0.15, 0.2) is 0 Å². The van der Waals surface area contributed by atoms with Gasteiger partial charge >= 0.3 is 0 Å². The van der Waals surface area contributed by atoms with E-state index in [1.54, 1.807) is 0 Å². The van der Waals surface area contributed by atoms with Crippen LogP contribution in [0.1, 0.15) is 58.8 Å². The molecule has 1 aliphatic heterocycles. The second-order valence-electron chi connectivity index (χ2n) is 6.03. The lowest BCUT2D eigenvalue weighted by atomic mass is 9.88. The smallest absolute Gasteiger partial charge is 0.0218 e. The predicted octanol–water partition coefficient (Wildman–Crippen LogP) is 3.03. The first-order chi connectivity index (χ1) is 8.33. The summed E-state index contributed by atoms with van der Waals surface area (Å²) in [4.78, 5) is 2.79. The summed E-state index contributed by atoms with van der Waals surface area (Å²) in [5, 5.41) is 3.70. The van der Waals surface area contributed by atoms with Gasteiger partial charge in [0.25, 0.3) is 0 Å². The molecule has 1 N–H and O–H groups in total. The number of rotatable bonds is 4. The first-order valence-electron chi connectivity index (χ1n) is 7.80. The molecular weight excluding hydrogens is 208 g/mol. The van der Waals surface area contributed by atoms with Gasteiger partial charge in [-0.1, -0.05) is 33.1 Å². The molecule has 0 spiro atoms. The summed E-state index contributed by atoms with van der Waals surface area (Å²) in [5.74, 6) is 0.994. The first kappa shape index (κ1) is 13.4. The molecule has 1 saturated carbocycles. The largest absolute Gasteiger partial charge is 0.311 e. The zero-order chi connectivity index (χ0) is 12.1. The van der Waals surface area contributed by atoms with Gasteiger partial charge in [0, 0.05) is 31.7 Å². The Morgan fingerprint density at radius 3 is 2.47 bits per heavy atom. The van der Waals surface area contributed by atoms with E-state index in [1.165, 1.54) is 64.6 Å². The maximum absolute atomic E-state index is 3.70. The third-order valence-corrected chi connectivity index (χ3v) is 4.79. The molecule has 0 radical (unpaired) electrons. The Hall–Kier alpha value is -0.0800. The van der Waals surface area contributed by atoms with E-state index in [2.05, 4.69) is 24.1 Å². The van der Waals surface area contributed by atoms with Crippen LogP contribution in [0.25, 0.3) is 0 Å². The van der Waals surface area contributed by atoms with E-state index in [9.17, 15) is 0 Å². The van der Waals surface area contributed by atoms with E-state index in [4.69, 9.17) is 0 Å². The van der Waals surface area contributed by atoms with Crippen molar-refractivity contribution in [3.63, 3.8) is 0 Å². The molecule has 2 nitrogen and oxygen atoms in total. The minimum atomic E-state index is 0.737. The molecule has 1 heterocycles. The van der Waals surface area contributed by atoms with Gasteiger partial charge in [0.1, 0.15) is 0 Å². The lowest BCUT2D eigenvalue weighted by Gasteiger charge is -2.42. The highest BCUT2D eigenvalue weighted by Gasteiger charge is 2.28. The maximum atomic E-state index is 3.70. The van der Waals surface area contributed by atoms with Crippen molar-refractivity contribution >= 4 is 0 Å². The molecule has 0 bridgehead atoms. The van der Waals surface area contributed by atoms with Crippen molar-refractivity contribution in [2.24, 2.45) is 5.92 Å². The number of nitrogens with one attached hydrogen (secondary N) is 1. The Morgan fingerprint density at radius 1 is 1.06 bits per heavy atom. The molecule has 2 atom stereocenters. The van der Waals surface area contributed by atoms with E-state index in [1.807, 2.05) is 0 Å². The summed E-state index contributed by atoms with van der Waals surface area (Å²) >= 11 is 0. The normalized spacial score (nSPS) is 32.8. The molecule has 1 aliphatic carbocycles. The Balaban J connectivity index is 1.85. The predicted molar refractivity (Wildman–Crippen MR) is 74.3 cm³/mol. The van der Waals surface area contributed by atoms with Crippen molar-refractivity contribution in [1.82, 2.24) is 10.2 Å². The molecule has 0 amide bonds. The molecule has 17 heavy (non-hydrogen) atoms.